The highest BCUT2D eigenvalue weighted by Gasteiger charge is 2.05. The minimum atomic E-state index is 0.524. The average molecular weight is 248 g/mol. The Labute approximate surface area is 106 Å². The number of anilines is 1. The maximum atomic E-state index is 5.90. The van der Waals surface area contributed by atoms with Crippen LogP contribution in [0.2, 0.25) is 5.15 Å². The van der Waals surface area contributed by atoms with E-state index in [2.05, 4.69) is 21.8 Å². The predicted molar refractivity (Wildman–Crippen MR) is 70.2 cm³/mol. The average Bonchev–Trinajstić information content (AvgIpc) is 2.37. The first-order valence-electron chi connectivity index (χ1n) is 5.55. The third-order valence-corrected chi connectivity index (χ3v) is 2.79. The standard InChI is InChI=1S/C13H14ClN3/c1-2-17(10-11-3-6-15-7-4-11)12-5-8-16-13(14)9-12/h3-9H,2,10H2,1H3. The van der Waals surface area contributed by atoms with E-state index < -0.39 is 0 Å². The van der Waals surface area contributed by atoms with Crippen LogP contribution in [0.25, 0.3) is 0 Å². The van der Waals surface area contributed by atoms with Crippen molar-refractivity contribution in [1.29, 1.82) is 0 Å². The Balaban J connectivity index is 2.17. The van der Waals surface area contributed by atoms with Gasteiger partial charge in [-0.1, -0.05) is 11.6 Å². The number of hydrogen-bond acceptors (Lipinski definition) is 3. The molecule has 3 nitrogen and oxygen atoms in total. The van der Waals surface area contributed by atoms with E-state index in [0.717, 1.165) is 18.8 Å². The molecule has 17 heavy (non-hydrogen) atoms. The van der Waals surface area contributed by atoms with Gasteiger partial charge in [0.15, 0.2) is 0 Å². The summed E-state index contributed by atoms with van der Waals surface area (Å²) in [7, 11) is 0. The Bertz CT molecular complexity index is 473. The maximum Gasteiger partial charge on any atom is 0.131 e. The number of halogens is 1. The van der Waals surface area contributed by atoms with E-state index in [-0.39, 0.29) is 0 Å². The van der Waals surface area contributed by atoms with Crippen molar-refractivity contribution in [2.45, 2.75) is 13.5 Å². The number of rotatable bonds is 4. The largest absolute Gasteiger partial charge is 0.367 e. The molecule has 0 aliphatic heterocycles. The van der Waals surface area contributed by atoms with Gasteiger partial charge < -0.3 is 4.90 Å². The van der Waals surface area contributed by atoms with Crippen LogP contribution in [0.15, 0.2) is 42.9 Å². The Hall–Kier alpha value is -1.61. The SMILES string of the molecule is CCN(Cc1ccncc1)c1ccnc(Cl)c1. The van der Waals surface area contributed by atoms with Crippen LogP contribution in [-0.2, 0) is 6.54 Å². The van der Waals surface area contributed by atoms with Crippen molar-refractivity contribution in [2.75, 3.05) is 11.4 Å². The molecular weight excluding hydrogens is 234 g/mol. The van der Waals surface area contributed by atoms with Crippen molar-refractivity contribution in [3.8, 4) is 0 Å². The van der Waals surface area contributed by atoms with E-state index in [4.69, 9.17) is 11.6 Å². The van der Waals surface area contributed by atoms with Crippen LogP contribution in [-0.4, -0.2) is 16.5 Å². The zero-order valence-electron chi connectivity index (χ0n) is 9.68. The molecule has 0 atom stereocenters. The second-order valence-electron chi connectivity index (χ2n) is 3.71. The smallest absolute Gasteiger partial charge is 0.131 e. The summed E-state index contributed by atoms with van der Waals surface area (Å²) in [5, 5.41) is 0.524. The lowest BCUT2D eigenvalue weighted by Gasteiger charge is -2.23. The highest BCUT2D eigenvalue weighted by Crippen LogP contribution is 2.19. The van der Waals surface area contributed by atoms with Crippen molar-refractivity contribution < 1.29 is 0 Å². The fourth-order valence-corrected chi connectivity index (χ4v) is 1.85. The molecule has 0 spiro atoms. The minimum Gasteiger partial charge on any atom is -0.367 e. The molecule has 2 aromatic heterocycles. The topological polar surface area (TPSA) is 29.0 Å². The highest BCUT2D eigenvalue weighted by atomic mass is 35.5. The molecule has 0 aliphatic carbocycles. The van der Waals surface area contributed by atoms with Crippen LogP contribution in [0.5, 0.6) is 0 Å². The van der Waals surface area contributed by atoms with Gasteiger partial charge in [0.25, 0.3) is 0 Å². The van der Waals surface area contributed by atoms with Crippen molar-refractivity contribution in [2.24, 2.45) is 0 Å². The molecule has 0 fully saturated rings. The predicted octanol–water partition coefficient (Wildman–Crippen LogP) is 3.16. The molecule has 0 bridgehead atoms. The quantitative estimate of drug-likeness (QED) is 0.778. The van der Waals surface area contributed by atoms with Crippen molar-refractivity contribution >= 4 is 17.3 Å². The van der Waals surface area contributed by atoms with Crippen molar-refractivity contribution in [3.63, 3.8) is 0 Å². The fourth-order valence-electron chi connectivity index (χ4n) is 1.68. The molecule has 0 radical (unpaired) electrons. The lowest BCUT2D eigenvalue weighted by molar-refractivity contribution is 0.829. The molecule has 0 aromatic carbocycles. The van der Waals surface area contributed by atoms with Crippen LogP contribution < -0.4 is 4.90 Å². The van der Waals surface area contributed by atoms with E-state index in [9.17, 15) is 0 Å². The van der Waals surface area contributed by atoms with Crippen molar-refractivity contribution in [1.82, 2.24) is 9.97 Å². The van der Waals surface area contributed by atoms with E-state index >= 15 is 0 Å². The lowest BCUT2D eigenvalue weighted by atomic mass is 10.2. The first-order valence-corrected chi connectivity index (χ1v) is 5.93. The molecule has 4 heteroatoms. The second kappa shape index (κ2) is 5.64. The van der Waals surface area contributed by atoms with Gasteiger partial charge in [-0.3, -0.25) is 4.98 Å². The van der Waals surface area contributed by atoms with Gasteiger partial charge in [-0.15, -0.1) is 0 Å². The zero-order chi connectivity index (χ0) is 12.1. The minimum absolute atomic E-state index is 0.524. The third kappa shape index (κ3) is 3.17. The van der Waals surface area contributed by atoms with E-state index in [1.165, 1.54) is 5.56 Å². The van der Waals surface area contributed by atoms with Crippen LogP contribution >= 0.6 is 11.6 Å². The molecule has 0 unspecified atom stereocenters. The van der Waals surface area contributed by atoms with Crippen LogP contribution in [0.1, 0.15) is 12.5 Å². The molecule has 2 heterocycles. The summed E-state index contributed by atoms with van der Waals surface area (Å²) >= 11 is 5.90. The first-order chi connectivity index (χ1) is 8.29. The van der Waals surface area contributed by atoms with Gasteiger partial charge >= 0.3 is 0 Å². The number of pyridine rings is 2. The van der Waals surface area contributed by atoms with Crippen LogP contribution in [0, 0.1) is 0 Å². The van der Waals surface area contributed by atoms with Crippen LogP contribution in [0.4, 0.5) is 5.69 Å². The second-order valence-corrected chi connectivity index (χ2v) is 4.09. The zero-order valence-corrected chi connectivity index (χ0v) is 10.4. The first kappa shape index (κ1) is 11.9. The normalized spacial score (nSPS) is 10.2. The molecule has 0 N–H and O–H groups in total. The molecule has 2 rings (SSSR count). The fraction of sp³-hybridized carbons (Fsp3) is 0.231. The van der Waals surface area contributed by atoms with E-state index in [1.54, 1.807) is 6.20 Å². The molecular formula is C13H14ClN3. The summed E-state index contributed by atoms with van der Waals surface area (Å²) in [4.78, 5) is 10.2. The number of aromatic nitrogens is 2. The van der Waals surface area contributed by atoms with Gasteiger partial charge in [0.2, 0.25) is 0 Å². The highest BCUT2D eigenvalue weighted by molar-refractivity contribution is 6.29. The monoisotopic (exact) mass is 247 g/mol. The summed E-state index contributed by atoms with van der Waals surface area (Å²) in [5.74, 6) is 0. The summed E-state index contributed by atoms with van der Waals surface area (Å²) in [6.07, 6.45) is 5.35. The molecule has 0 saturated heterocycles. The Kier molecular flexibility index (Phi) is 3.94. The maximum absolute atomic E-state index is 5.90. The van der Waals surface area contributed by atoms with Gasteiger partial charge in [-0.25, -0.2) is 4.98 Å². The lowest BCUT2D eigenvalue weighted by Crippen LogP contribution is -2.21. The van der Waals surface area contributed by atoms with E-state index in [1.807, 2.05) is 36.7 Å². The molecule has 0 saturated carbocycles. The molecule has 88 valence electrons. The van der Waals surface area contributed by atoms with Gasteiger partial charge in [0, 0.05) is 37.4 Å². The van der Waals surface area contributed by atoms with E-state index in [0.29, 0.717) is 5.15 Å². The number of nitrogens with zero attached hydrogens (tertiary/aromatic N) is 3. The molecule has 0 amide bonds. The number of hydrogen-bond donors (Lipinski definition) is 0. The molecule has 2 aromatic rings. The Morgan fingerprint density at radius 3 is 2.59 bits per heavy atom. The van der Waals surface area contributed by atoms with Gasteiger partial charge in [-0.05, 0) is 36.8 Å². The third-order valence-electron chi connectivity index (χ3n) is 2.58. The van der Waals surface area contributed by atoms with Gasteiger partial charge in [0.05, 0.1) is 0 Å². The van der Waals surface area contributed by atoms with Gasteiger partial charge in [0.1, 0.15) is 5.15 Å². The van der Waals surface area contributed by atoms with Crippen molar-refractivity contribution in [3.05, 3.63) is 53.6 Å². The Morgan fingerprint density at radius 1 is 1.18 bits per heavy atom. The Morgan fingerprint density at radius 2 is 1.94 bits per heavy atom. The van der Waals surface area contributed by atoms with Gasteiger partial charge in [-0.2, -0.15) is 0 Å². The summed E-state index contributed by atoms with van der Waals surface area (Å²) in [6, 6.07) is 7.89. The summed E-state index contributed by atoms with van der Waals surface area (Å²) in [5.41, 5.74) is 2.32. The van der Waals surface area contributed by atoms with Crippen LogP contribution in [0.3, 0.4) is 0 Å². The summed E-state index contributed by atoms with van der Waals surface area (Å²) in [6.45, 7) is 3.89. The summed E-state index contributed by atoms with van der Waals surface area (Å²) < 4.78 is 0. The molecule has 0 aliphatic rings.